The molecule has 294 valence electrons. The van der Waals surface area contributed by atoms with Crippen molar-refractivity contribution in [3.8, 4) is 39.1 Å². The van der Waals surface area contributed by atoms with Crippen LogP contribution >= 0.6 is 0 Å². The van der Waals surface area contributed by atoms with Crippen molar-refractivity contribution in [3.63, 3.8) is 0 Å². The van der Waals surface area contributed by atoms with Gasteiger partial charge < -0.3 is 0 Å². The lowest BCUT2D eigenvalue weighted by atomic mass is 9.23. The third-order valence-corrected chi connectivity index (χ3v) is 17.2. The zero-order chi connectivity index (χ0) is 46.9. The summed E-state index contributed by atoms with van der Waals surface area (Å²) in [6.07, 6.45) is 0. The van der Waals surface area contributed by atoms with E-state index in [2.05, 4.69) is 231 Å². The highest BCUT2D eigenvalue weighted by molar-refractivity contribution is 6.72. The first-order valence-electron chi connectivity index (χ1n) is 23.7. The van der Waals surface area contributed by atoms with E-state index >= 15 is 0 Å². The summed E-state index contributed by atoms with van der Waals surface area (Å²) >= 11 is 0. The van der Waals surface area contributed by atoms with Gasteiger partial charge in [0.15, 0.2) is 0 Å². The zero-order valence-corrected chi connectivity index (χ0v) is 42.5. The number of imidazole rings is 1. The molecule has 65 heavy (non-hydrogen) atoms. The van der Waals surface area contributed by atoms with Gasteiger partial charge in [0.2, 0.25) is 0 Å². The highest BCUT2D eigenvalue weighted by Crippen LogP contribution is 2.42. The number of rotatable bonds is 6. The van der Waals surface area contributed by atoms with E-state index in [9.17, 15) is 0 Å². The van der Waals surface area contributed by atoms with Crippen molar-refractivity contribution < 1.29 is 0 Å². The number of benzene rings is 8. The van der Waals surface area contributed by atoms with E-state index in [-0.39, 0.29) is 10.3 Å². The van der Waals surface area contributed by atoms with Gasteiger partial charge in [0.1, 0.15) is 124 Å². The van der Waals surface area contributed by atoms with Gasteiger partial charge in [0.05, 0.1) is 34.6 Å². The minimum absolute atomic E-state index is 0.00125. The highest BCUT2D eigenvalue weighted by atomic mass is 15.1. The highest BCUT2D eigenvalue weighted by Gasteiger charge is 2.38. The number of fused-ring (bicyclic) bond motifs is 4. The first-order chi connectivity index (χ1) is 30.6. The lowest BCUT2D eigenvalue weighted by Crippen LogP contribution is -2.55. The molecule has 0 aliphatic rings. The molecule has 0 radical (unpaired) electrons. The van der Waals surface area contributed by atoms with Crippen LogP contribution in [0.15, 0.2) is 84.9 Å². The maximum Gasteiger partial charge on any atom is 0.139 e. The van der Waals surface area contributed by atoms with Gasteiger partial charge in [0.25, 0.3) is 0 Å². The Morgan fingerprint density at radius 2 is 0.754 bits per heavy atom. The summed E-state index contributed by atoms with van der Waals surface area (Å²) in [5.74, 6) is 1.09. The molecule has 0 bridgehead atoms. The second kappa shape index (κ2) is 15.9. The SMILES string of the molecule is Bc1c(B)c(B)c(-c2ccc(-c3c4c(B)c(B)c(B)c(B)c4c(-c4ccc5cc(-n6c(C(B)(B)C(B)(B)B)nc7ccccc76)ccc5c4)c4c(B)c(B)c(B)c(B)c34)cc2)c(B)c1B. The van der Waals surface area contributed by atoms with Crippen LogP contribution in [0, 0.1) is 0 Å². The average molecular weight is 814 g/mol. The number of hydrogen-bond acceptors (Lipinski definition) is 1. The smallest absolute Gasteiger partial charge is 0.139 e. The molecule has 0 unspecified atom stereocenters. The van der Waals surface area contributed by atoms with Crippen molar-refractivity contribution in [2.45, 2.75) is 10.3 Å². The summed E-state index contributed by atoms with van der Waals surface area (Å²) in [4.78, 5) is 5.30. The molecule has 1 aromatic heterocycles. The van der Waals surface area contributed by atoms with Crippen LogP contribution in [0.4, 0.5) is 0 Å². The van der Waals surface area contributed by atoms with Gasteiger partial charge in [-0.25, -0.2) is 4.98 Å². The van der Waals surface area contributed by atoms with Crippen LogP contribution in [0.5, 0.6) is 0 Å². The summed E-state index contributed by atoms with van der Waals surface area (Å²) < 4.78 is 2.40. The summed E-state index contributed by atoms with van der Waals surface area (Å²) in [6.45, 7) is 0. The van der Waals surface area contributed by atoms with Gasteiger partial charge in [0, 0.05) is 5.69 Å². The van der Waals surface area contributed by atoms with E-state index in [0.29, 0.717) is 0 Å². The molecule has 2 nitrogen and oxygen atoms in total. The van der Waals surface area contributed by atoms with Crippen molar-refractivity contribution >= 4 is 256 Å². The predicted molar refractivity (Wildman–Crippen MR) is 343 cm³/mol. The van der Waals surface area contributed by atoms with Gasteiger partial charge in [-0.05, 0) is 101 Å². The van der Waals surface area contributed by atoms with Crippen molar-refractivity contribution in [2.24, 2.45) is 0 Å². The minimum Gasteiger partial charge on any atom is -0.297 e. The van der Waals surface area contributed by atoms with Crippen molar-refractivity contribution in [2.75, 3.05) is 0 Å². The van der Waals surface area contributed by atoms with Crippen LogP contribution in [-0.4, -0.2) is 151 Å². The fourth-order valence-electron chi connectivity index (χ4n) is 11.0. The Kier molecular flexibility index (Phi) is 11.1. The Bertz CT molecular complexity index is 3430. The van der Waals surface area contributed by atoms with E-state index in [4.69, 9.17) is 4.98 Å². The van der Waals surface area contributed by atoms with Crippen LogP contribution in [0.1, 0.15) is 5.82 Å². The second-order valence-electron chi connectivity index (χ2n) is 21.2. The molecular formula is C45H50B18N2. The van der Waals surface area contributed by atoms with Gasteiger partial charge in [-0.1, -0.05) is 87.4 Å². The summed E-state index contributed by atoms with van der Waals surface area (Å²) in [5, 5.41) is 7.76. The number of aromatic nitrogens is 2. The Morgan fingerprint density at radius 1 is 0.369 bits per heavy atom. The fraction of sp³-hybridized carbons (Fsp3) is 0.0444. The standard InChI is InChI=1S/C45H50B18N2/c46-30-25(31(47)37(53)42(58)36(30)52)16-7-5-15(6-8-16)23-26-28(34(50)40(56)38(54)32(26)48)24(29-27(23)33(49)39(55)41(57)35(29)51)19-10-9-18-14-20(12-11-17(18)13-19)65-22-4-2-1-3-21(22)64-43(65)44(59,60)45(61,62)63/h1-14H,46-63H2. The maximum absolute atomic E-state index is 5.30. The minimum atomic E-state index is -0.183. The molecule has 8 aromatic carbocycles. The normalized spacial score (nSPS) is 12.2. The Hall–Kier alpha value is -4.82. The Balaban J connectivity index is 1.33. The van der Waals surface area contributed by atoms with E-state index in [1.165, 1.54) is 137 Å². The average Bonchev–Trinajstić information content (AvgIpc) is 3.69. The van der Waals surface area contributed by atoms with E-state index in [1.807, 2.05) is 0 Å². The Labute approximate surface area is 402 Å². The van der Waals surface area contributed by atoms with E-state index in [0.717, 1.165) is 22.5 Å². The molecule has 0 N–H and O–H groups in total. The van der Waals surface area contributed by atoms with E-state index in [1.54, 1.807) is 0 Å². The number of nitrogens with zero attached hydrogens (tertiary/aromatic N) is 2. The first kappa shape index (κ1) is 45.3. The molecule has 9 rings (SSSR count). The second-order valence-corrected chi connectivity index (χ2v) is 21.2. The van der Waals surface area contributed by atoms with Gasteiger partial charge >= 0.3 is 0 Å². The van der Waals surface area contributed by atoms with Crippen LogP contribution < -0.4 is 71.0 Å². The van der Waals surface area contributed by atoms with Crippen LogP contribution in [-0.2, 0) is 5.21 Å². The van der Waals surface area contributed by atoms with Crippen LogP contribution in [0.3, 0.4) is 0 Å². The molecule has 1 heterocycles. The molecule has 0 aliphatic carbocycles. The molecule has 0 amide bonds. The summed E-state index contributed by atoms with van der Waals surface area (Å²) in [7, 11) is 41.8. The fourth-order valence-corrected chi connectivity index (χ4v) is 11.0. The van der Waals surface area contributed by atoms with Crippen molar-refractivity contribution in [3.05, 3.63) is 90.8 Å². The predicted octanol–water partition coefficient (Wildman–Crippen LogP) is -15.8. The number of para-hydroxylation sites is 2. The zero-order valence-electron chi connectivity index (χ0n) is 42.5. The van der Waals surface area contributed by atoms with Gasteiger partial charge in [-0.15, -0.1) is 43.4 Å². The molecule has 9 aromatic rings. The van der Waals surface area contributed by atoms with Gasteiger partial charge in [-0.3, -0.25) is 4.57 Å². The Morgan fingerprint density at radius 3 is 1.25 bits per heavy atom. The molecular weight excluding hydrogens is 763 g/mol. The largest absolute Gasteiger partial charge is 0.297 e. The summed E-state index contributed by atoms with van der Waals surface area (Å²) in [6, 6.07) is 32.4. The van der Waals surface area contributed by atoms with Crippen LogP contribution in [0.2, 0.25) is 5.11 Å². The van der Waals surface area contributed by atoms with Crippen molar-refractivity contribution in [1.82, 2.24) is 9.55 Å². The van der Waals surface area contributed by atoms with Crippen LogP contribution in [0.25, 0.3) is 82.4 Å². The third-order valence-electron chi connectivity index (χ3n) is 17.2. The van der Waals surface area contributed by atoms with Gasteiger partial charge in [-0.2, -0.15) is 0 Å². The molecule has 0 saturated carbocycles. The first-order valence-corrected chi connectivity index (χ1v) is 23.7. The molecule has 20 heteroatoms. The van der Waals surface area contributed by atoms with E-state index < -0.39 is 0 Å². The molecule has 0 aliphatic heterocycles. The summed E-state index contributed by atoms with van der Waals surface area (Å²) in [5.41, 5.74) is 29.1. The molecule has 0 fully saturated rings. The lowest BCUT2D eigenvalue weighted by molar-refractivity contribution is 0.757. The molecule has 0 saturated heterocycles. The monoisotopic (exact) mass is 817 g/mol. The molecule has 0 atom stereocenters. The molecule has 0 spiro atoms. The quantitative estimate of drug-likeness (QED) is 0.121. The maximum atomic E-state index is 5.30. The van der Waals surface area contributed by atoms with Crippen molar-refractivity contribution in [1.29, 1.82) is 0 Å². The topological polar surface area (TPSA) is 17.8 Å². The third kappa shape index (κ3) is 6.76. The lowest BCUT2D eigenvalue weighted by Gasteiger charge is -2.39. The number of hydrogen-bond donors (Lipinski definition) is 0.